The first kappa shape index (κ1) is 6.81. The Bertz CT molecular complexity index is 118. The van der Waals surface area contributed by atoms with Crippen LogP contribution in [0.4, 0.5) is 0 Å². The van der Waals surface area contributed by atoms with Crippen LogP contribution in [0.15, 0.2) is 12.2 Å². The third-order valence-electron chi connectivity index (χ3n) is 2.09. The SMILES string of the molecule is C=C1CC(C)CC1NC. The van der Waals surface area contributed by atoms with Gasteiger partial charge in [-0.25, -0.2) is 0 Å². The van der Waals surface area contributed by atoms with E-state index in [0.29, 0.717) is 6.04 Å². The fourth-order valence-corrected chi connectivity index (χ4v) is 1.56. The molecular formula is C8H15N. The monoisotopic (exact) mass is 125 g/mol. The molecule has 0 radical (unpaired) electrons. The minimum Gasteiger partial charge on any atom is -0.313 e. The highest BCUT2D eigenvalue weighted by molar-refractivity contribution is 5.11. The molecule has 1 N–H and O–H groups in total. The summed E-state index contributed by atoms with van der Waals surface area (Å²) < 4.78 is 0. The van der Waals surface area contributed by atoms with Crippen LogP contribution in [0.25, 0.3) is 0 Å². The predicted molar refractivity (Wildman–Crippen MR) is 40.4 cm³/mol. The molecule has 1 nitrogen and oxygen atoms in total. The largest absolute Gasteiger partial charge is 0.313 e. The molecular weight excluding hydrogens is 110 g/mol. The molecule has 0 aromatic carbocycles. The first-order valence-corrected chi connectivity index (χ1v) is 3.59. The first-order valence-electron chi connectivity index (χ1n) is 3.59. The second kappa shape index (κ2) is 2.53. The third kappa shape index (κ3) is 1.33. The zero-order chi connectivity index (χ0) is 6.85. The summed E-state index contributed by atoms with van der Waals surface area (Å²) in [6.45, 7) is 6.27. The van der Waals surface area contributed by atoms with Gasteiger partial charge in [0.05, 0.1) is 0 Å². The van der Waals surface area contributed by atoms with Gasteiger partial charge in [-0.3, -0.25) is 0 Å². The Morgan fingerprint density at radius 2 is 2.33 bits per heavy atom. The van der Waals surface area contributed by atoms with E-state index in [1.54, 1.807) is 0 Å². The van der Waals surface area contributed by atoms with Crippen LogP contribution >= 0.6 is 0 Å². The molecule has 0 aromatic heterocycles. The van der Waals surface area contributed by atoms with E-state index in [0.717, 1.165) is 5.92 Å². The van der Waals surface area contributed by atoms with Crippen LogP contribution in [-0.4, -0.2) is 13.1 Å². The quantitative estimate of drug-likeness (QED) is 0.524. The molecule has 0 amide bonds. The number of hydrogen-bond donors (Lipinski definition) is 1. The van der Waals surface area contributed by atoms with Crippen LogP contribution in [0.5, 0.6) is 0 Å². The molecule has 0 heterocycles. The molecule has 1 saturated carbocycles. The average molecular weight is 125 g/mol. The van der Waals surface area contributed by atoms with Gasteiger partial charge in [-0.05, 0) is 25.8 Å². The molecule has 1 heteroatoms. The molecule has 1 fully saturated rings. The Morgan fingerprint density at radius 1 is 1.67 bits per heavy atom. The van der Waals surface area contributed by atoms with E-state index >= 15 is 0 Å². The summed E-state index contributed by atoms with van der Waals surface area (Å²) >= 11 is 0. The summed E-state index contributed by atoms with van der Waals surface area (Å²) in [6.07, 6.45) is 2.49. The van der Waals surface area contributed by atoms with Crippen molar-refractivity contribution in [3.63, 3.8) is 0 Å². The fourth-order valence-electron chi connectivity index (χ4n) is 1.56. The molecule has 52 valence electrons. The van der Waals surface area contributed by atoms with E-state index in [2.05, 4.69) is 18.8 Å². The lowest BCUT2D eigenvalue weighted by atomic mass is 10.1. The highest BCUT2D eigenvalue weighted by Crippen LogP contribution is 2.28. The normalized spacial score (nSPS) is 35.6. The van der Waals surface area contributed by atoms with Crippen molar-refractivity contribution in [1.29, 1.82) is 0 Å². The molecule has 0 aromatic rings. The second-order valence-corrected chi connectivity index (χ2v) is 3.04. The van der Waals surface area contributed by atoms with Crippen LogP contribution in [0, 0.1) is 5.92 Å². The number of likely N-dealkylation sites (N-methyl/N-ethyl adjacent to an activating group) is 1. The Kier molecular flexibility index (Phi) is 1.91. The Morgan fingerprint density at radius 3 is 2.56 bits per heavy atom. The van der Waals surface area contributed by atoms with Crippen molar-refractivity contribution in [2.45, 2.75) is 25.8 Å². The lowest BCUT2D eigenvalue weighted by Crippen LogP contribution is -2.22. The zero-order valence-electron chi connectivity index (χ0n) is 6.28. The number of rotatable bonds is 1. The Hall–Kier alpha value is -0.300. The van der Waals surface area contributed by atoms with E-state index in [1.165, 1.54) is 18.4 Å². The van der Waals surface area contributed by atoms with Crippen molar-refractivity contribution in [3.8, 4) is 0 Å². The Balaban J connectivity index is 2.48. The molecule has 0 bridgehead atoms. The third-order valence-corrected chi connectivity index (χ3v) is 2.09. The minimum atomic E-state index is 0.597. The summed E-state index contributed by atoms with van der Waals surface area (Å²) in [4.78, 5) is 0. The lowest BCUT2D eigenvalue weighted by Gasteiger charge is -2.07. The van der Waals surface area contributed by atoms with E-state index in [9.17, 15) is 0 Å². The number of hydrogen-bond acceptors (Lipinski definition) is 1. The second-order valence-electron chi connectivity index (χ2n) is 3.04. The molecule has 2 atom stereocenters. The average Bonchev–Trinajstić information content (AvgIpc) is 2.10. The van der Waals surface area contributed by atoms with Crippen molar-refractivity contribution in [2.24, 2.45) is 5.92 Å². The van der Waals surface area contributed by atoms with Gasteiger partial charge >= 0.3 is 0 Å². The van der Waals surface area contributed by atoms with E-state index in [4.69, 9.17) is 0 Å². The molecule has 2 unspecified atom stereocenters. The summed E-state index contributed by atoms with van der Waals surface area (Å²) in [5.74, 6) is 0.843. The lowest BCUT2D eigenvalue weighted by molar-refractivity contribution is 0.554. The van der Waals surface area contributed by atoms with E-state index in [-0.39, 0.29) is 0 Å². The van der Waals surface area contributed by atoms with Crippen molar-refractivity contribution in [2.75, 3.05) is 7.05 Å². The van der Waals surface area contributed by atoms with Crippen LogP contribution in [0.2, 0.25) is 0 Å². The van der Waals surface area contributed by atoms with Gasteiger partial charge < -0.3 is 5.32 Å². The highest BCUT2D eigenvalue weighted by atomic mass is 14.9. The molecule has 1 aliphatic carbocycles. The zero-order valence-corrected chi connectivity index (χ0v) is 6.28. The summed E-state index contributed by atoms with van der Waals surface area (Å²) in [5, 5.41) is 3.24. The highest BCUT2D eigenvalue weighted by Gasteiger charge is 2.22. The maximum atomic E-state index is 3.99. The van der Waals surface area contributed by atoms with Gasteiger partial charge in [-0.2, -0.15) is 0 Å². The standard InChI is InChI=1S/C8H15N/c1-6-4-7(2)8(5-6)9-3/h6,8-9H,2,4-5H2,1,3H3. The maximum absolute atomic E-state index is 3.99. The minimum absolute atomic E-state index is 0.597. The van der Waals surface area contributed by atoms with Gasteiger partial charge in [0.25, 0.3) is 0 Å². The molecule has 1 rings (SSSR count). The van der Waals surface area contributed by atoms with Crippen molar-refractivity contribution in [1.82, 2.24) is 5.32 Å². The van der Waals surface area contributed by atoms with E-state index < -0.39 is 0 Å². The van der Waals surface area contributed by atoms with Crippen molar-refractivity contribution in [3.05, 3.63) is 12.2 Å². The molecule has 9 heavy (non-hydrogen) atoms. The van der Waals surface area contributed by atoms with Gasteiger partial charge in [-0.15, -0.1) is 0 Å². The van der Waals surface area contributed by atoms with Gasteiger partial charge in [0.2, 0.25) is 0 Å². The number of nitrogens with one attached hydrogen (secondary N) is 1. The van der Waals surface area contributed by atoms with Gasteiger partial charge in [-0.1, -0.05) is 19.1 Å². The maximum Gasteiger partial charge on any atom is 0.0276 e. The van der Waals surface area contributed by atoms with Crippen LogP contribution in [0.3, 0.4) is 0 Å². The molecule has 1 aliphatic rings. The predicted octanol–water partition coefficient (Wildman–Crippen LogP) is 1.56. The van der Waals surface area contributed by atoms with Gasteiger partial charge in [0, 0.05) is 6.04 Å². The van der Waals surface area contributed by atoms with Crippen LogP contribution in [-0.2, 0) is 0 Å². The molecule has 0 saturated heterocycles. The van der Waals surface area contributed by atoms with Gasteiger partial charge in [0.15, 0.2) is 0 Å². The van der Waals surface area contributed by atoms with Crippen molar-refractivity contribution >= 4 is 0 Å². The fraction of sp³-hybridized carbons (Fsp3) is 0.750. The molecule has 0 aliphatic heterocycles. The van der Waals surface area contributed by atoms with Gasteiger partial charge in [0.1, 0.15) is 0 Å². The van der Waals surface area contributed by atoms with Crippen LogP contribution in [0.1, 0.15) is 19.8 Å². The topological polar surface area (TPSA) is 12.0 Å². The van der Waals surface area contributed by atoms with Crippen LogP contribution < -0.4 is 5.32 Å². The Labute approximate surface area is 57.1 Å². The molecule has 0 spiro atoms. The smallest absolute Gasteiger partial charge is 0.0276 e. The van der Waals surface area contributed by atoms with E-state index in [1.807, 2.05) is 7.05 Å². The first-order chi connectivity index (χ1) is 4.24. The summed E-state index contributed by atoms with van der Waals surface area (Å²) in [7, 11) is 2.01. The van der Waals surface area contributed by atoms with Crippen molar-refractivity contribution < 1.29 is 0 Å². The summed E-state index contributed by atoms with van der Waals surface area (Å²) in [6, 6.07) is 0.597. The summed E-state index contributed by atoms with van der Waals surface area (Å²) in [5.41, 5.74) is 1.38.